The minimum Gasteiger partial charge on any atom is -0.396 e. The van der Waals surface area contributed by atoms with E-state index in [0.717, 1.165) is 6.42 Å². The van der Waals surface area contributed by atoms with Crippen LogP contribution in [0, 0.1) is 0 Å². The van der Waals surface area contributed by atoms with E-state index in [2.05, 4.69) is 7.05 Å². The number of likely N-dealkylation sites (N-methyl/N-ethyl adjacent to an activating group) is 1. The van der Waals surface area contributed by atoms with Crippen LogP contribution in [-0.2, 0) is 0 Å². The SMILES string of the molecule is C[NH+]1CC[NH+](CCCCO)CC1. The third kappa shape index (κ3) is 3.52. The zero-order chi connectivity index (χ0) is 8.81. The Balaban J connectivity index is 2.01. The minimum absolute atomic E-state index is 0.360. The minimum atomic E-state index is 0.360. The van der Waals surface area contributed by atoms with Crippen LogP contribution in [0.4, 0.5) is 0 Å². The van der Waals surface area contributed by atoms with Gasteiger partial charge in [0.05, 0.1) is 13.6 Å². The van der Waals surface area contributed by atoms with Crippen LogP contribution in [0.5, 0.6) is 0 Å². The van der Waals surface area contributed by atoms with Gasteiger partial charge in [0, 0.05) is 6.61 Å². The van der Waals surface area contributed by atoms with Gasteiger partial charge in [-0.05, 0) is 12.8 Å². The van der Waals surface area contributed by atoms with E-state index in [4.69, 9.17) is 5.11 Å². The van der Waals surface area contributed by atoms with Gasteiger partial charge in [-0.15, -0.1) is 0 Å². The average molecular weight is 174 g/mol. The number of aliphatic hydroxyl groups excluding tert-OH is 1. The fourth-order valence-electron chi connectivity index (χ4n) is 1.77. The first-order chi connectivity index (χ1) is 5.83. The van der Waals surface area contributed by atoms with Gasteiger partial charge in [0.2, 0.25) is 0 Å². The first-order valence-corrected chi connectivity index (χ1v) is 5.08. The maximum Gasteiger partial charge on any atom is 0.127 e. The molecule has 0 spiro atoms. The third-order valence-corrected chi connectivity index (χ3v) is 2.75. The van der Waals surface area contributed by atoms with E-state index in [1.165, 1.54) is 39.1 Å². The standard InChI is InChI=1S/C9H20N2O/c1-10-5-7-11(8-6-10)4-2-3-9-12/h12H,2-9H2,1H3/p+2. The molecule has 0 saturated carbocycles. The van der Waals surface area contributed by atoms with E-state index >= 15 is 0 Å². The largest absolute Gasteiger partial charge is 0.396 e. The number of quaternary nitrogens is 2. The molecule has 1 heterocycles. The number of nitrogens with one attached hydrogen (secondary N) is 2. The molecule has 1 aliphatic rings. The van der Waals surface area contributed by atoms with E-state index in [1.54, 1.807) is 9.80 Å². The van der Waals surface area contributed by atoms with Crippen molar-refractivity contribution in [2.75, 3.05) is 46.4 Å². The molecule has 3 nitrogen and oxygen atoms in total. The molecule has 72 valence electrons. The molecule has 3 N–H and O–H groups in total. The van der Waals surface area contributed by atoms with Crippen LogP contribution in [0.3, 0.4) is 0 Å². The highest BCUT2D eigenvalue weighted by Gasteiger charge is 2.18. The normalized spacial score (nSPS) is 30.5. The number of hydrogen-bond acceptors (Lipinski definition) is 1. The van der Waals surface area contributed by atoms with Crippen molar-refractivity contribution in [3.05, 3.63) is 0 Å². The molecule has 0 aliphatic carbocycles. The molecular weight excluding hydrogens is 152 g/mol. The summed E-state index contributed by atoms with van der Waals surface area (Å²) in [6.45, 7) is 6.88. The maximum atomic E-state index is 8.62. The molecule has 0 amide bonds. The molecule has 1 saturated heterocycles. The van der Waals surface area contributed by atoms with Crippen LogP contribution in [0.1, 0.15) is 12.8 Å². The topological polar surface area (TPSA) is 29.1 Å². The van der Waals surface area contributed by atoms with Gasteiger partial charge in [-0.25, -0.2) is 0 Å². The second-order valence-electron chi connectivity index (χ2n) is 3.89. The van der Waals surface area contributed by atoms with E-state index in [0.29, 0.717) is 6.61 Å². The molecule has 0 aromatic rings. The van der Waals surface area contributed by atoms with Crippen molar-refractivity contribution in [2.24, 2.45) is 0 Å². The molecule has 3 heteroatoms. The Morgan fingerprint density at radius 3 is 2.33 bits per heavy atom. The van der Waals surface area contributed by atoms with E-state index in [1.807, 2.05) is 0 Å². The molecule has 0 radical (unpaired) electrons. The first kappa shape index (κ1) is 9.96. The average Bonchev–Trinajstić information content (AvgIpc) is 2.09. The van der Waals surface area contributed by atoms with Gasteiger partial charge in [-0.2, -0.15) is 0 Å². The predicted molar refractivity (Wildman–Crippen MR) is 48.5 cm³/mol. The van der Waals surface area contributed by atoms with Gasteiger partial charge in [0.25, 0.3) is 0 Å². The molecule has 0 atom stereocenters. The van der Waals surface area contributed by atoms with Crippen LogP contribution in [-0.4, -0.2) is 51.5 Å². The van der Waals surface area contributed by atoms with Crippen molar-refractivity contribution < 1.29 is 14.9 Å². The number of unbranched alkanes of at least 4 members (excludes halogenated alkanes) is 1. The number of aliphatic hydroxyl groups is 1. The Labute approximate surface area is 75.0 Å². The van der Waals surface area contributed by atoms with E-state index in [9.17, 15) is 0 Å². The van der Waals surface area contributed by atoms with Gasteiger partial charge in [0.15, 0.2) is 0 Å². The van der Waals surface area contributed by atoms with Crippen LogP contribution in [0.2, 0.25) is 0 Å². The Bertz CT molecular complexity index is 111. The molecule has 0 unspecified atom stereocenters. The Morgan fingerprint density at radius 2 is 1.75 bits per heavy atom. The van der Waals surface area contributed by atoms with Crippen LogP contribution < -0.4 is 9.80 Å². The van der Waals surface area contributed by atoms with Gasteiger partial charge in [0.1, 0.15) is 26.2 Å². The van der Waals surface area contributed by atoms with Gasteiger partial charge < -0.3 is 14.9 Å². The zero-order valence-corrected chi connectivity index (χ0v) is 8.10. The highest BCUT2D eigenvalue weighted by atomic mass is 16.2. The molecule has 12 heavy (non-hydrogen) atoms. The second kappa shape index (κ2) is 5.51. The fourth-order valence-corrected chi connectivity index (χ4v) is 1.77. The van der Waals surface area contributed by atoms with Crippen molar-refractivity contribution >= 4 is 0 Å². The lowest BCUT2D eigenvalue weighted by molar-refractivity contribution is -1.00. The Kier molecular flexibility index (Phi) is 4.58. The fraction of sp³-hybridized carbons (Fsp3) is 1.00. The summed E-state index contributed by atoms with van der Waals surface area (Å²) in [5.74, 6) is 0. The molecule has 1 aliphatic heterocycles. The predicted octanol–water partition coefficient (Wildman–Crippen LogP) is -2.83. The quantitative estimate of drug-likeness (QED) is 0.394. The number of piperazine rings is 1. The first-order valence-electron chi connectivity index (χ1n) is 5.08. The van der Waals surface area contributed by atoms with Gasteiger partial charge in [-0.1, -0.05) is 0 Å². The summed E-state index contributed by atoms with van der Waals surface area (Å²) in [5, 5.41) is 8.62. The lowest BCUT2D eigenvalue weighted by atomic mass is 10.2. The summed E-state index contributed by atoms with van der Waals surface area (Å²) in [5.41, 5.74) is 0. The smallest absolute Gasteiger partial charge is 0.127 e. The van der Waals surface area contributed by atoms with Crippen molar-refractivity contribution in [1.82, 2.24) is 0 Å². The highest BCUT2D eigenvalue weighted by Crippen LogP contribution is 1.80. The van der Waals surface area contributed by atoms with E-state index < -0.39 is 0 Å². The summed E-state index contributed by atoms with van der Waals surface area (Å²) in [4.78, 5) is 3.40. The Hall–Kier alpha value is -0.120. The maximum absolute atomic E-state index is 8.62. The lowest BCUT2D eigenvalue weighted by Gasteiger charge is -2.27. The number of hydrogen-bond donors (Lipinski definition) is 3. The van der Waals surface area contributed by atoms with Gasteiger partial charge in [-0.3, -0.25) is 0 Å². The molecular formula is C9H22N2O+2. The summed E-state index contributed by atoms with van der Waals surface area (Å²) >= 11 is 0. The molecule has 0 aromatic heterocycles. The Morgan fingerprint density at radius 1 is 1.08 bits per heavy atom. The van der Waals surface area contributed by atoms with Crippen molar-refractivity contribution in [3.63, 3.8) is 0 Å². The van der Waals surface area contributed by atoms with Crippen LogP contribution >= 0.6 is 0 Å². The van der Waals surface area contributed by atoms with Crippen LogP contribution in [0.15, 0.2) is 0 Å². The summed E-state index contributed by atoms with van der Waals surface area (Å²) in [6, 6.07) is 0. The molecule has 1 fully saturated rings. The lowest BCUT2D eigenvalue weighted by Crippen LogP contribution is -3.27. The molecule has 1 rings (SSSR count). The second-order valence-corrected chi connectivity index (χ2v) is 3.89. The monoisotopic (exact) mass is 174 g/mol. The third-order valence-electron chi connectivity index (χ3n) is 2.75. The summed E-state index contributed by atoms with van der Waals surface area (Å²) in [6.07, 6.45) is 2.16. The van der Waals surface area contributed by atoms with Crippen LogP contribution in [0.25, 0.3) is 0 Å². The van der Waals surface area contributed by atoms with Gasteiger partial charge >= 0.3 is 0 Å². The molecule has 0 aromatic carbocycles. The molecule has 0 bridgehead atoms. The highest BCUT2D eigenvalue weighted by molar-refractivity contribution is 4.39. The summed E-state index contributed by atoms with van der Waals surface area (Å²) in [7, 11) is 2.27. The number of rotatable bonds is 4. The zero-order valence-electron chi connectivity index (χ0n) is 8.10. The van der Waals surface area contributed by atoms with Crippen molar-refractivity contribution in [3.8, 4) is 0 Å². The van der Waals surface area contributed by atoms with Crippen molar-refractivity contribution in [1.29, 1.82) is 0 Å². The van der Waals surface area contributed by atoms with Crippen molar-refractivity contribution in [2.45, 2.75) is 12.8 Å². The summed E-state index contributed by atoms with van der Waals surface area (Å²) < 4.78 is 0. The van der Waals surface area contributed by atoms with E-state index in [-0.39, 0.29) is 0 Å².